The van der Waals surface area contributed by atoms with E-state index in [9.17, 15) is 14.4 Å². The highest BCUT2D eigenvalue weighted by atomic mass is 32.1. The number of fused-ring (bicyclic) bond motifs is 3. The van der Waals surface area contributed by atoms with E-state index in [1.807, 2.05) is 30.3 Å². The third-order valence-corrected chi connectivity index (χ3v) is 4.14. The topological polar surface area (TPSA) is 88.4 Å². The Balaban J connectivity index is 1.91. The first-order chi connectivity index (χ1) is 12.0. The molecule has 0 radical (unpaired) electrons. The molecule has 3 aromatic rings. The van der Waals surface area contributed by atoms with Crippen molar-refractivity contribution in [3.05, 3.63) is 64.0 Å². The molecule has 2 amide bonds. The molecule has 0 atom stereocenters. The van der Waals surface area contributed by atoms with E-state index < -0.39 is 11.8 Å². The van der Waals surface area contributed by atoms with Gasteiger partial charge in [-0.2, -0.15) is 0 Å². The van der Waals surface area contributed by atoms with Gasteiger partial charge in [-0.05, 0) is 29.7 Å². The van der Waals surface area contributed by atoms with E-state index in [4.69, 9.17) is 16.6 Å². The van der Waals surface area contributed by atoms with Gasteiger partial charge in [-0.25, -0.2) is 0 Å². The van der Waals surface area contributed by atoms with E-state index in [-0.39, 0.29) is 21.7 Å². The molecule has 1 aliphatic heterocycles. The van der Waals surface area contributed by atoms with Crippen LogP contribution in [-0.2, 0) is 9.59 Å². The first-order valence-corrected chi connectivity index (χ1v) is 7.77. The Bertz CT molecular complexity index is 1150. The van der Waals surface area contributed by atoms with Gasteiger partial charge in [-0.15, -0.1) is 0 Å². The van der Waals surface area contributed by atoms with E-state index >= 15 is 0 Å². The van der Waals surface area contributed by atoms with Crippen LogP contribution in [0.4, 0.5) is 0 Å². The normalized spacial score (nSPS) is 14.6. The van der Waals surface area contributed by atoms with Crippen molar-refractivity contribution in [3.8, 4) is 0 Å². The zero-order valence-corrected chi connectivity index (χ0v) is 13.5. The lowest BCUT2D eigenvalue weighted by Gasteiger charge is -2.16. The molecule has 2 heterocycles. The highest BCUT2D eigenvalue weighted by Crippen LogP contribution is 2.24. The molecule has 25 heavy (non-hydrogen) atoms. The Kier molecular flexibility index (Phi) is 3.43. The Morgan fingerprint density at radius 2 is 1.64 bits per heavy atom. The highest BCUT2D eigenvalue weighted by molar-refractivity contribution is 7.80. The van der Waals surface area contributed by atoms with Gasteiger partial charge in [-0.1, -0.05) is 30.3 Å². The molecule has 4 rings (SSSR count). The molecule has 0 aliphatic carbocycles. The third-order valence-electron chi connectivity index (χ3n) is 3.93. The van der Waals surface area contributed by atoms with Gasteiger partial charge in [0.1, 0.15) is 17.4 Å². The minimum absolute atomic E-state index is 0.0656. The maximum Gasteiger partial charge on any atom is 0.263 e. The quantitative estimate of drug-likeness (QED) is 0.303. The van der Waals surface area contributed by atoms with Crippen molar-refractivity contribution in [1.82, 2.24) is 10.6 Å². The van der Waals surface area contributed by atoms with Crippen molar-refractivity contribution in [2.24, 2.45) is 0 Å². The number of nitrogens with one attached hydrogen (secondary N) is 2. The Morgan fingerprint density at radius 3 is 2.40 bits per heavy atom. The molecule has 0 saturated carbocycles. The van der Waals surface area contributed by atoms with Crippen LogP contribution in [0.2, 0.25) is 0 Å². The van der Waals surface area contributed by atoms with Gasteiger partial charge in [0.15, 0.2) is 10.5 Å². The monoisotopic (exact) mass is 350 g/mol. The Morgan fingerprint density at radius 1 is 0.920 bits per heavy atom. The number of rotatable bonds is 1. The molecular formula is C18H10N2O4S. The second-order valence-electron chi connectivity index (χ2n) is 5.48. The minimum Gasteiger partial charge on any atom is -0.463 e. The van der Waals surface area contributed by atoms with E-state index in [0.717, 1.165) is 10.8 Å². The summed E-state index contributed by atoms with van der Waals surface area (Å²) in [4.78, 5) is 36.5. The van der Waals surface area contributed by atoms with Gasteiger partial charge in [0.25, 0.3) is 11.8 Å². The number of hydrogen-bond acceptors (Lipinski definition) is 5. The number of carbonyl (C=O) groups is 2. The van der Waals surface area contributed by atoms with E-state index in [0.29, 0.717) is 11.0 Å². The van der Waals surface area contributed by atoms with Crippen LogP contribution in [0, 0.1) is 0 Å². The van der Waals surface area contributed by atoms with Gasteiger partial charge >= 0.3 is 0 Å². The van der Waals surface area contributed by atoms with Crippen LogP contribution in [0.5, 0.6) is 0 Å². The van der Waals surface area contributed by atoms with Crippen molar-refractivity contribution in [2.45, 2.75) is 0 Å². The minimum atomic E-state index is -0.660. The fourth-order valence-corrected chi connectivity index (χ4v) is 2.93. The molecule has 7 heteroatoms. The molecule has 2 aromatic carbocycles. The molecule has 2 N–H and O–H groups in total. The molecular weight excluding hydrogens is 340 g/mol. The lowest BCUT2D eigenvalue weighted by molar-refractivity contribution is -0.123. The summed E-state index contributed by atoms with van der Waals surface area (Å²) in [6, 6.07) is 11.0. The van der Waals surface area contributed by atoms with Gasteiger partial charge in [-0.3, -0.25) is 25.0 Å². The zero-order chi connectivity index (χ0) is 17.6. The molecule has 1 saturated heterocycles. The maximum absolute atomic E-state index is 12.7. The van der Waals surface area contributed by atoms with Gasteiger partial charge in [0.05, 0.1) is 10.9 Å². The van der Waals surface area contributed by atoms with Crippen LogP contribution < -0.4 is 16.1 Å². The van der Waals surface area contributed by atoms with E-state index in [1.54, 1.807) is 6.07 Å². The van der Waals surface area contributed by atoms with Gasteiger partial charge in [0, 0.05) is 5.39 Å². The second-order valence-corrected chi connectivity index (χ2v) is 5.89. The van der Waals surface area contributed by atoms with Crippen LogP contribution in [0.1, 0.15) is 5.56 Å². The van der Waals surface area contributed by atoms with Crippen molar-refractivity contribution in [3.63, 3.8) is 0 Å². The fourth-order valence-electron chi connectivity index (χ4n) is 2.74. The van der Waals surface area contributed by atoms with Crippen molar-refractivity contribution in [1.29, 1.82) is 0 Å². The number of thiocarbonyl (C=S) groups is 1. The molecule has 1 aromatic heterocycles. The summed E-state index contributed by atoms with van der Waals surface area (Å²) in [6.45, 7) is 0. The largest absolute Gasteiger partial charge is 0.463 e. The number of carbonyl (C=O) groups excluding carboxylic acids is 2. The predicted octanol–water partition coefficient (Wildman–Crippen LogP) is 1.86. The van der Waals surface area contributed by atoms with Crippen molar-refractivity contribution in [2.75, 3.05) is 0 Å². The lowest BCUT2D eigenvalue weighted by atomic mass is 10.0. The summed E-state index contributed by atoms with van der Waals surface area (Å²) < 4.78 is 5.64. The second kappa shape index (κ2) is 5.64. The number of hydrogen-bond donors (Lipinski definition) is 2. The zero-order valence-electron chi connectivity index (χ0n) is 12.7. The predicted molar refractivity (Wildman–Crippen MR) is 96.9 cm³/mol. The van der Waals surface area contributed by atoms with Crippen molar-refractivity contribution < 1.29 is 14.0 Å². The average molecular weight is 350 g/mol. The summed E-state index contributed by atoms with van der Waals surface area (Å²) in [6.07, 6.45) is 2.45. The van der Waals surface area contributed by atoms with E-state index in [2.05, 4.69) is 10.6 Å². The van der Waals surface area contributed by atoms with Crippen LogP contribution in [0.25, 0.3) is 27.8 Å². The highest BCUT2D eigenvalue weighted by Gasteiger charge is 2.26. The summed E-state index contributed by atoms with van der Waals surface area (Å²) in [5.41, 5.74) is 0.0363. The number of amides is 2. The SMILES string of the molecule is O=C1NC(=S)NC(=O)C1=Cc1coc2c(ccc3ccccc32)c1=O. The fraction of sp³-hybridized carbons (Fsp3) is 0. The van der Waals surface area contributed by atoms with Crippen LogP contribution in [0.3, 0.4) is 0 Å². The van der Waals surface area contributed by atoms with Crippen LogP contribution in [-0.4, -0.2) is 16.9 Å². The van der Waals surface area contributed by atoms with E-state index in [1.165, 1.54) is 12.3 Å². The first kappa shape index (κ1) is 15.2. The summed E-state index contributed by atoms with van der Waals surface area (Å²) in [5.74, 6) is -1.32. The van der Waals surface area contributed by atoms with Gasteiger partial charge in [0.2, 0.25) is 0 Å². The third kappa shape index (κ3) is 2.50. The van der Waals surface area contributed by atoms with Crippen LogP contribution in [0.15, 0.2) is 57.4 Å². The van der Waals surface area contributed by atoms with Gasteiger partial charge < -0.3 is 4.42 Å². The molecule has 122 valence electrons. The molecule has 1 fully saturated rings. The molecule has 0 unspecified atom stereocenters. The summed E-state index contributed by atoms with van der Waals surface area (Å²) in [7, 11) is 0. The maximum atomic E-state index is 12.7. The Labute approximate surface area is 146 Å². The van der Waals surface area contributed by atoms with Crippen molar-refractivity contribution >= 4 is 57.0 Å². The molecule has 6 nitrogen and oxygen atoms in total. The molecule has 1 aliphatic rings. The first-order valence-electron chi connectivity index (χ1n) is 7.36. The summed E-state index contributed by atoms with van der Waals surface area (Å²) in [5, 5.41) is 6.71. The molecule has 0 spiro atoms. The molecule has 0 bridgehead atoms. The lowest BCUT2D eigenvalue weighted by Crippen LogP contribution is -2.51. The van der Waals surface area contributed by atoms with Crippen LogP contribution >= 0.6 is 12.2 Å². The number of benzene rings is 2. The standard InChI is InChI=1S/C18H10N2O4S/c21-14-10(7-13-16(22)19-18(25)20-17(13)23)8-24-15-11-4-2-1-3-9(11)5-6-12(14)15/h1-8H,(H2,19,20,22,23,25). The summed E-state index contributed by atoms with van der Waals surface area (Å²) >= 11 is 4.74. The average Bonchev–Trinajstić information content (AvgIpc) is 2.59. The smallest absolute Gasteiger partial charge is 0.263 e. The Hall–Kier alpha value is -3.32.